The molecule has 0 amide bonds. The number of hydrogen-bond acceptors (Lipinski definition) is 4. The van der Waals surface area contributed by atoms with Crippen LogP contribution in [-0.2, 0) is 0 Å². The lowest BCUT2D eigenvalue weighted by molar-refractivity contribution is 0.601. The highest BCUT2D eigenvalue weighted by Gasteiger charge is 2.17. The van der Waals surface area contributed by atoms with Gasteiger partial charge in [-0.25, -0.2) is 0 Å². The Morgan fingerprint density at radius 1 is 1.11 bits per heavy atom. The van der Waals surface area contributed by atoms with E-state index in [9.17, 15) is 0 Å². The van der Waals surface area contributed by atoms with E-state index in [1.807, 2.05) is 31.2 Å². The highest BCUT2D eigenvalue weighted by molar-refractivity contribution is 6.10. The summed E-state index contributed by atoms with van der Waals surface area (Å²) >= 11 is 0. The van der Waals surface area contributed by atoms with Crippen molar-refractivity contribution < 1.29 is 4.42 Å². The SMILES string of the molecule is Cc1c(C(=N)c2ccccn2)oc2cccnc12. The Kier molecular flexibility index (Phi) is 2.41. The molecule has 0 fully saturated rings. The normalized spacial score (nSPS) is 10.7. The molecule has 0 saturated carbocycles. The quantitative estimate of drug-likeness (QED) is 0.697. The lowest BCUT2D eigenvalue weighted by Crippen LogP contribution is -2.03. The fraction of sp³-hybridized carbons (Fsp3) is 0.0714. The van der Waals surface area contributed by atoms with Crippen LogP contribution in [0.4, 0.5) is 0 Å². The van der Waals surface area contributed by atoms with Gasteiger partial charge in [-0.05, 0) is 31.2 Å². The number of pyridine rings is 2. The number of nitrogens with zero attached hydrogens (tertiary/aromatic N) is 2. The minimum Gasteiger partial charge on any atom is -0.452 e. The molecule has 0 radical (unpaired) electrons. The number of furan rings is 1. The summed E-state index contributed by atoms with van der Waals surface area (Å²) in [5.74, 6) is 0.530. The molecule has 0 bridgehead atoms. The molecule has 0 spiro atoms. The van der Waals surface area contributed by atoms with E-state index in [1.165, 1.54) is 0 Å². The molecule has 3 rings (SSSR count). The fourth-order valence-corrected chi connectivity index (χ4v) is 1.91. The van der Waals surface area contributed by atoms with E-state index < -0.39 is 0 Å². The Hall–Kier alpha value is -2.49. The number of fused-ring (bicyclic) bond motifs is 1. The summed E-state index contributed by atoms with van der Waals surface area (Å²) in [5, 5.41) is 8.16. The van der Waals surface area contributed by atoms with Crippen LogP contribution in [0.1, 0.15) is 17.0 Å². The summed E-state index contributed by atoms with van der Waals surface area (Å²) < 4.78 is 5.69. The molecule has 3 aromatic heterocycles. The van der Waals surface area contributed by atoms with Gasteiger partial charge in [0.2, 0.25) is 0 Å². The first-order valence-corrected chi connectivity index (χ1v) is 5.62. The van der Waals surface area contributed by atoms with Gasteiger partial charge in [0.15, 0.2) is 11.3 Å². The smallest absolute Gasteiger partial charge is 0.159 e. The second-order valence-corrected chi connectivity index (χ2v) is 4.00. The van der Waals surface area contributed by atoms with Crippen LogP contribution in [0.15, 0.2) is 47.1 Å². The molecule has 0 unspecified atom stereocenters. The number of nitrogens with one attached hydrogen (secondary N) is 1. The van der Waals surface area contributed by atoms with Gasteiger partial charge in [-0.3, -0.25) is 15.4 Å². The molecule has 3 aromatic rings. The van der Waals surface area contributed by atoms with E-state index in [2.05, 4.69) is 9.97 Å². The van der Waals surface area contributed by atoms with Crippen molar-refractivity contribution in [2.45, 2.75) is 6.92 Å². The molecule has 1 N–H and O–H groups in total. The van der Waals surface area contributed by atoms with Crippen LogP contribution in [-0.4, -0.2) is 15.7 Å². The predicted molar refractivity (Wildman–Crippen MR) is 68.9 cm³/mol. The minimum atomic E-state index is 0.283. The number of hydrogen-bond donors (Lipinski definition) is 1. The summed E-state index contributed by atoms with van der Waals surface area (Å²) in [7, 11) is 0. The van der Waals surface area contributed by atoms with E-state index in [0.717, 1.165) is 11.1 Å². The zero-order valence-corrected chi connectivity index (χ0v) is 9.84. The van der Waals surface area contributed by atoms with Crippen LogP contribution in [0.2, 0.25) is 0 Å². The van der Waals surface area contributed by atoms with E-state index in [-0.39, 0.29) is 5.71 Å². The minimum absolute atomic E-state index is 0.283. The van der Waals surface area contributed by atoms with Gasteiger partial charge in [0.05, 0.1) is 5.69 Å². The van der Waals surface area contributed by atoms with Crippen LogP contribution >= 0.6 is 0 Å². The Morgan fingerprint density at radius 2 is 1.94 bits per heavy atom. The van der Waals surface area contributed by atoms with Crippen LogP contribution in [0, 0.1) is 12.3 Å². The predicted octanol–water partition coefficient (Wildman–Crippen LogP) is 2.95. The average molecular weight is 237 g/mol. The van der Waals surface area contributed by atoms with Gasteiger partial charge < -0.3 is 4.42 Å². The fourth-order valence-electron chi connectivity index (χ4n) is 1.91. The molecule has 4 heteroatoms. The number of rotatable bonds is 2. The number of aromatic nitrogens is 2. The van der Waals surface area contributed by atoms with Crippen molar-refractivity contribution in [3.63, 3.8) is 0 Å². The van der Waals surface area contributed by atoms with Gasteiger partial charge in [0.1, 0.15) is 11.2 Å². The van der Waals surface area contributed by atoms with Crippen molar-refractivity contribution in [2.75, 3.05) is 0 Å². The first-order valence-electron chi connectivity index (χ1n) is 5.62. The summed E-state index contributed by atoms with van der Waals surface area (Å²) in [6.07, 6.45) is 3.39. The molecule has 88 valence electrons. The van der Waals surface area contributed by atoms with Gasteiger partial charge in [0.25, 0.3) is 0 Å². The summed E-state index contributed by atoms with van der Waals surface area (Å²) in [6.45, 7) is 1.91. The molecule has 0 aromatic carbocycles. The topological polar surface area (TPSA) is 62.8 Å². The molecule has 0 atom stereocenters. The molecule has 0 aliphatic carbocycles. The van der Waals surface area contributed by atoms with Crippen molar-refractivity contribution >= 4 is 16.8 Å². The molecule has 18 heavy (non-hydrogen) atoms. The van der Waals surface area contributed by atoms with Crippen molar-refractivity contribution in [1.29, 1.82) is 5.41 Å². The maximum Gasteiger partial charge on any atom is 0.159 e. The average Bonchev–Trinajstić information content (AvgIpc) is 2.77. The maximum absolute atomic E-state index is 8.16. The van der Waals surface area contributed by atoms with Gasteiger partial charge >= 0.3 is 0 Å². The van der Waals surface area contributed by atoms with E-state index >= 15 is 0 Å². The van der Waals surface area contributed by atoms with Crippen LogP contribution in [0.3, 0.4) is 0 Å². The molecule has 0 saturated heterocycles. The molecule has 0 aliphatic rings. The summed E-state index contributed by atoms with van der Waals surface area (Å²) in [4.78, 5) is 8.43. The van der Waals surface area contributed by atoms with Crippen LogP contribution in [0.5, 0.6) is 0 Å². The van der Waals surface area contributed by atoms with Crippen molar-refractivity contribution in [3.8, 4) is 0 Å². The van der Waals surface area contributed by atoms with E-state index in [0.29, 0.717) is 17.0 Å². The van der Waals surface area contributed by atoms with Gasteiger partial charge in [-0.1, -0.05) is 6.07 Å². The molecule has 3 heterocycles. The zero-order chi connectivity index (χ0) is 12.5. The second-order valence-electron chi connectivity index (χ2n) is 4.00. The van der Waals surface area contributed by atoms with Gasteiger partial charge in [-0.15, -0.1) is 0 Å². The van der Waals surface area contributed by atoms with Gasteiger partial charge in [0, 0.05) is 18.0 Å². The highest BCUT2D eigenvalue weighted by atomic mass is 16.3. The largest absolute Gasteiger partial charge is 0.452 e. The van der Waals surface area contributed by atoms with Crippen LogP contribution < -0.4 is 0 Å². The molecule has 0 aliphatic heterocycles. The summed E-state index contributed by atoms with van der Waals surface area (Å²) in [5.41, 5.74) is 3.26. The first kappa shape index (κ1) is 10.7. The molecular weight excluding hydrogens is 226 g/mol. The number of aryl methyl sites for hydroxylation is 1. The second kappa shape index (κ2) is 4.07. The Labute approximate surface area is 104 Å². The van der Waals surface area contributed by atoms with Crippen LogP contribution in [0.25, 0.3) is 11.1 Å². The van der Waals surface area contributed by atoms with E-state index in [1.54, 1.807) is 18.5 Å². The standard InChI is InChI=1S/C14H11N3O/c1-9-13-11(6-4-8-17-13)18-14(9)12(15)10-5-2-3-7-16-10/h2-8,15H,1H3. The van der Waals surface area contributed by atoms with Crippen molar-refractivity contribution in [3.05, 3.63) is 59.7 Å². The Morgan fingerprint density at radius 3 is 2.67 bits per heavy atom. The first-order chi connectivity index (χ1) is 8.77. The lowest BCUT2D eigenvalue weighted by atomic mass is 10.1. The maximum atomic E-state index is 8.16. The Balaban J connectivity index is 2.15. The highest BCUT2D eigenvalue weighted by Crippen LogP contribution is 2.24. The Bertz CT molecular complexity index is 716. The molecular formula is C14H11N3O. The summed E-state index contributed by atoms with van der Waals surface area (Å²) in [6, 6.07) is 9.14. The third kappa shape index (κ3) is 1.59. The van der Waals surface area contributed by atoms with Crippen molar-refractivity contribution in [1.82, 2.24) is 9.97 Å². The van der Waals surface area contributed by atoms with E-state index in [4.69, 9.17) is 9.83 Å². The zero-order valence-electron chi connectivity index (χ0n) is 9.84. The monoisotopic (exact) mass is 237 g/mol. The van der Waals surface area contributed by atoms with Crippen molar-refractivity contribution in [2.24, 2.45) is 0 Å². The van der Waals surface area contributed by atoms with Gasteiger partial charge in [-0.2, -0.15) is 0 Å². The third-order valence-corrected chi connectivity index (χ3v) is 2.83. The lowest BCUT2D eigenvalue weighted by Gasteiger charge is -2.00. The third-order valence-electron chi connectivity index (χ3n) is 2.83. The molecule has 4 nitrogen and oxygen atoms in total.